The van der Waals surface area contributed by atoms with E-state index in [9.17, 15) is 4.79 Å². The highest BCUT2D eigenvalue weighted by atomic mass is 35.5. The molecule has 0 atom stereocenters. The third-order valence-corrected chi connectivity index (χ3v) is 9.14. The largest absolute Gasteiger partial charge is 1.00 e. The van der Waals surface area contributed by atoms with E-state index in [4.69, 9.17) is 9.47 Å². The summed E-state index contributed by atoms with van der Waals surface area (Å²) >= 11 is 0. The van der Waals surface area contributed by atoms with Crippen LogP contribution in [0.25, 0.3) is 0 Å². The van der Waals surface area contributed by atoms with Gasteiger partial charge in [0, 0.05) is 0 Å². The van der Waals surface area contributed by atoms with Crippen LogP contribution in [0.15, 0.2) is 133 Å². The monoisotopic (exact) mass is 474 g/mol. The number of carbonyl (C=O) groups excluding carboxylic acids is 1. The summed E-state index contributed by atoms with van der Waals surface area (Å²) in [6, 6.07) is 40.1. The van der Waals surface area contributed by atoms with Gasteiger partial charge in [0.15, 0.2) is 0 Å². The predicted molar refractivity (Wildman–Crippen MR) is 132 cm³/mol. The summed E-state index contributed by atoms with van der Waals surface area (Å²) in [6.45, 7) is 1.80. The van der Waals surface area contributed by atoms with Crippen molar-refractivity contribution in [2.75, 3.05) is 0 Å². The number of rotatable bonds is 6. The number of carbonyl (C=O) groups is 1. The van der Waals surface area contributed by atoms with Crippen LogP contribution in [0.3, 0.4) is 0 Å². The highest BCUT2D eigenvalue weighted by Crippen LogP contribution is 2.57. The molecule has 0 amide bonds. The van der Waals surface area contributed by atoms with Gasteiger partial charge >= 0.3 is 6.16 Å². The minimum atomic E-state index is -2.24. The fourth-order valence-electron chi connectivity index (χ4n) is 3.70. The lowest BCUT2D eigenvalue weighted by molar-refractivity contribution is -0.0000162. The molecule has 3 nitrogen and oxygen atoms in total. The van der Waals surface area contributed by atoms with Crippen LogP contribution < -0.4 is 33.1 Å². The molecule has 0 aromatic heterocycles. The molecule has 0 N–H and O–H groups in total. The zero-order valence-corrected chi connectivity index (χ0v) is 19.8. The molecule has 0 unspecified atom stereocenters. The van der Waals surface area contributed by atoms with E-state index in [1.807, 2.05) is 72.8 Å². The van der Waals surface area contributed by atoms with E-state index >= 15 is 0 Å². The van der Waals surface area contributed by atoms with Gasteiger partial charge in [-0.15, -0.1) is 0 Å². The zero-order chi connectivity index (χ0) is 22.2. The molecule has 0 saturated carbocycles. The van der Waals surface area contributed by atoms with Crippen molar-refractivity contribution in [1.82, 2.24) is 0 Å². The van der Waals surface area contributed by atoms with E-state index < -0.39 is 13.4 Å². The molecule has 0 saturated heterocycles. The summed E-state index contributed by atoms with van der Waals surface area (Å²) in [5.74, 6) is 3.04. The summed E-state index contributed by atoms with van der Waals surface area (Å²) in [7, 11) is -2.24. The summed E-state index contributed by atoms with van der Waals surface area (Å²) in [5, 5.41) is 3.53. The highest BCUT2D eigenvalue weighted by molar-refractivity contribution is 7.98. The number of para-hydroxylation sites is 1. The van der Waals surface area contributed by atoms with E-state index in [-0.39, 0.29) is 12.4 Å². The van der Waals surface area contributed by atoms with Gasteiger partial charge in [-0.3, -0.25) is 0 Å². The first-order chi connectivity index (χ1) is 15.7. The molecule has 0 aliphatic rings. The molecular weight excluding hydrogens is 451 g/mol. The normalized spacial score (nSPS) is 11.2. The van der Waals surface area contributed by atoms with Crippen molar-refractivity contribution in [3.8, 4) is 5.75 Å². The molecule has 4 rings (SSSR count). The van der Waals surface area contributed by atoms with Gasteiger partial charge in [-0.2, -0.15) is 0 Å². The average molecular weight is 475 g/mol. The van der Waals surface area contributed by atoms with Crippen LogP contribution in [0, 0.1) is 0 Å². The molecule has 0 spiro atoms. The molecule has 0 fully saturated rings. The molecule has 0 heterocycles. The van der Waals surface area contributed by atoms with E-state index in [0.717, 1.165) is 0 Å². The van der Waals surface area contributed by atoms with E-state index in [0.29, 0.717) is 11.5 Å². The van der Waals surface area contributed by atoms with Crippen LogP contribution in [0.1, 0.15) is 6.92 Å². The number of benzene rings is 4. The highest BCUT2D eigenvalue weighted by Gasteiger charge is 2.44. The van der Waals surface area contributed by atoms with Crippen molar-refractivity contribution in [3.63, 3.8) is 0 Å². The standard InChI is InChI=1S/C28H24O3P.ClH/c1-23(30-28(29)31-24-14-6-2-7-15-24)22-32(25-16-8-3-9-17-25,26-18-10-4-11-19-26)27-20-12-5-13-21-27;/h2-22H,1H3;1H/q+1;/p-1/b23-22+;. The van der Waals surface area contributed by atoms with Crippen molar-refractivity contribution in [2.24, 2.45) is 0 Å². The van der Waals surface area contributed by atoms with Gasteiger partial charge in [-0.25, -0.2) is 4.79 Å². The maximum Gasteiger partial charge on any atom is 0.519 e. The summed E-state index contributed by atoms with van der Waals surface area (Å²) in [4.78, 5) is 12.4. The Kier molecular flexibility index (Phi) is 8.43. The van der Waals surface area contributed by atoms with Gasteiger partial charge < -0.3 is 21.9 Å². The smallest absolute Gasteiger partial charge is 0.519 e. The van der Waals surface area contributed by atoms with Gasteiger partial charge in [-0.1, -0.05) is 72.8 Å². The van der Waals surface area contributed by atoms with Gasteiger partial charge in [0.2, 0.25) is 0 Å². The Morgan fingerprint density at radius 2 is 1.00 bits per heavy atom. The van der Waals surface area contributed by atoms with Crippen LogP contribution in [0.5, 0.6) is 5.75 Å². The summed E-state index contributed by atoms with van der Waals surface area (Å²) < 4.78 is 10.9. The van der Waals surface area contributed by atoms with Crippen molar-refractivity contribution >= 4 is 29.3 Å². The maximum absolute atomic E-state index is 12.4. The summed E-state index contributed by atoms with van der Waals surface area (Å²) in [5.41, 5.74) is 0. The molecule has 5 heteroatoms. The molecule has 0 bridgehead atoms. The van der Waals surface area contributed by atoms with Crippen molar-refractivity contribution in [1.29, 1.82) is 0 Å². The molecule has 0 aliphatic heterocycles. The number of halogens is 1. The fraction of sp³-hybridized carbons (Fsp3) is 0.0357. The fourth-order valence-corrected chi connectivity index (χ4v) is 7.56. The quantitative estimate of drug-likeness (QED) is 0.186. The Hall–Kier alpha value is -3.39. The first-order valence-corrected chi connectivity index (χ1v) is 12.2. The third kappa shape index (κ3) is 5.70. The van der Waals surface area contributed by atoms with Crippen LogP contribution in [-0.2, 0) is 4.74 Å². The Bertz CT molecular complexity index is 1080. The second-order valence-corrected chi connectivity index (χ2v) is 10.5. The maximum atomic E-state index is 12.4. The van der Waals surface area contributed by atoms with Crippen LogP contribution >= 0.6 is 7.26 Å². The molecule has 0 aliphatic carbocycles. The minimum absolute atomic E-state index is 0. The summed E-state index contributed by atoms with van der Waals surface area (Å²) in [6.07, 6.45) is -0.753. The molecule has 33 heavy (non-hydrogen) atoms. The van der Waals surface area contributed by atoms with Gasteiger partial charge in [0.25, 0.3) is 0 Å². The minimum Gasteiger partial charge on any atom is -1.00 e. The number of hydrogen-bond donors (Lipinski definition) is 0. The van der Waals surface area contributed by atoms with Crippen LogP contribution in [-0.4, -0.2) is 6.16 Å². The molecule has 4 aromatic carbocycles. The second-order valence-electron chi connectivity index (χ2n) is 7.24. The Morgan fingerprint density at radius 3 is 1.39 bits per heavy atom. The zero-order valence-electron chi connectivity index (χ0n) is 18.2. The van der Waals surface area contributed by atoms with Crippen LogP contribution in [0.4, 0.5) is 4.79 Å². The van der Waals surface area contributed by atoms with E-state index in [1.165, 1.54) is 15.9 Å². The number of allylic oxidation sites excluding steroid dienone is 1. The van der Waals surface area contributed by atoms with E-state index in [1.54, 1.807) is 19.1 Å². The Balaban J connectivity index is 0.00000306. The lowest BCUT2D eigenvalue weighted by Gasteiger charge is -2.24. The molecule has 4 aromatic rings. The topological polar surface area (TPSA) is 35.5 Å². The van der Waals surface area contributed by atoms with Gasteiger partial charge in [-0.05, 0) is 55.5 Å². The van der Waals surface area contributed by atoms with Crippen molar-refractivity contribution < 1.29 is 26.7 Å². The second kappa shape index (κ2) is 11.5. The lowest BCUT2D eigenvalue weighted by atomic mass is 10.3. The van der Waals surface area contributed by atoms with Gasteiger partial charge in [0.1, 0.15) is 40.5 Å². The molecular formula is C28H24ClO3P. The first-order valence-electron chi connectivity index (χ1n) is 10.4. The number of ether oxygens (including phenoxy) is 2. The average Bonchev–Trinajstić information content (AvgIpc) is 2.85. The van der Waals surface area contributed by atoms with Gasteiger partial charge in [0.05, 0.1) is 0 Å². The Morgan fingerprint density at radius 1 is 0.636 bits per heavy atom. The molecule has 166 valence electrons. The van der Waals surface area contributed by atoms with E-state index in [2.05, 4.69) is 42.2 Å². The Labute approximate surface area is 201 Å². The van der Waals surface area contributed by atoms with Crippen molar-refractivity contribution in [3.05, 3.63) is 133 Å². The van der Waals surface area contributed by atoms with Crippen LogP contribution in [0.2, 0.25) is 0 Å². The first kappa shape index (κ1) is 24.3. The lowest BCUT2D eigenvalue weighted by Crippen LogP contribution is -3.00. The molecule has 0 radical (unpaired) electrons. The van der Waals surface area contributed by atoms with Crippen molar-refractivity contribution in [2.45, 2.75) is 6.92 Å². The SMILES string of the molecule is C/C(=C\[P+](c1ccccc1)(c1ccccc1)c1ccccc1)OC(=O)Oc1ccccc1.[Cl-]. The predicted octanol–water partition coefficient (Wildman–Crippen LogP) is 3.06. The number of hydrogen-bond acceptors (Lipinski definition) is 3. The third-order valence-electron chi connectivity index (χ3n) is 5.05.